The van der Waals surface area contributed by atoms with Crippen molar-refractivity contribution in [3.05, 3.63) is 35.4 Å². The van der Waals surface area contributed by atoms with Crippen LogP contribution < -0.4 is 16.4 Å². The van der Waals surface area contributed by atoms with Gasteiger partial charge in [-0.1, -0.05) is 24.3 Å². The van der Waals surface area contributed by atoms with Gasteiger partial charge in [-0.3, -0.25) is 9.69 Å². The summed E-state index contributed by atoms with van der Waals surface area (Å²) in [6.45, 7) is 10.7. The third kappa shape index (κ3) is 9.13. The molecule has 0 spiro atoms. The number of benzene rings is 1. The van der Waals surface area contributed by atoms with Crippen molar-refractivity contribution >= 4 is 11.9 Å². The van der Waals surface area contributed by atoms with Crippen LogP contribution in [0.1, 0.15) is 50.7 Å². The number of piperidine rings is 1. The molecule has 1 aliphatic heterocycles. The van der Waals surface area contributed by atoms with E-state index in [0.29, 0.717) is 6.54 Å². The molecule has 1 heterocycles. The van der Waals surface area contributed by atoms with Crippen molar-refractivity contribution in [1.82, 2.24) is 15.5 Å². The number of carbonyl (C=O) groups excluding carboxylic acids is 1. The molecular formula is C23H39N5O2. The number of rotatable bonds is 12. The zero-order chi connectivity index (χ0) is 21.6. The van der Waals surface area contributed by atoms with Gasteiger partial charge in [0.25, 0.3) is 0 Å². The summed E-state index contributed by atoms with van der Waals surface area (Å²) in [7, 11) is 0. The van der Waals surface area contributed by atoms with E-state index in [0.717, 1.165) is 77.6 Å². The minimum atomic E-state index is -0.177. The first-order valence-corrected chi connectivity index (χ1v) is 11.3. The molecule has 0 saturated carbocycles. The summed E-state index contributed by atoms with van der Waals surface area (Å²) in [4.78, 5) is 18.6. The highest BCUT2D eigenvalue weighted by Crippen LogP contribution is 2.19. The number of primary amides is 1. The molecule has 1 unspecified atom stereocenters. The van der Waals surface area contributed by atoms with Crippen molar-refractivity contribution in [2.75, 3.05) is 39.4 Å². The summed E-state index contributed by atoms with van der Waals surface area (Å²) in [5.41, 5.74) is 7.94. The number of carbonyl (C=O) groups is 1. The lowest BCUT2D eigenvalue weighted by Crippen LogP contribution is -2.40. The van der Waals surface area contributed by atoms with Crippen molar-refractivity contribution in [1.29, 1.82) is 0 Å². The molecule has 30 heavy (non-hydrogen) atoms. The van der Waals surface area contributed by atoms with Gasteiger partial charge < -0.3 is 21.1 Å². The van der Waals surface area contributed by atoms with Crippen molar-refractivity contribution in [2.24, 2.45) is 16.6 Å². The lowest BCUT2D eigenvalue weighted by molar-refractivity contribution is -0.123. The minimum Gasteiger partial charge on any atom is -0.382 e. The summed E-state index contributed by atoms with van der Waals surface area (Å²) in [6.07, 6.45) is 4.05. The number of unbranched alkanes of at least 4 members (excludes halogenated alkanes) is 1. The highest BCUT2D eigenvalue weighted by Gasteiger charge is 2.23. The van der Waals surface area contributed by atoms with Crippen LogP contribution in [0.5, 0.6) is 0 Å². The van der Waals surface area contributed by atoms with Crippen LogP contribution in [0, 0.1) is 5.92 Å². The normalized spacial score (nSPS) is 17.7. The quantitative estimate of drug-likeness (QED) is 0.276. The fourth-order valence-electron chi connectivity index (χ4n) is 3.71. The second-order valence-electron chi connectivity index (χ2n) is 7.82. The lowest BCUT2D eigenvalue weighted by atomic mass is 9.97. The van der Waals surface area contributed by atoms with E-state index in [9.17, 15) is 4.79 Å². The fourth-order valence-corrected chi connectivity index (χ4v) is 3.71. The maximum absolute atomic E-state index is 11.5. The predicted molar refractivity (Wildman–Crippen MR) is 122 cm³/mol. The van der Waals surface area contributed by atoms with E-state index in [1.165, 1.54) is 11.1 Å². The second-order valence-corrected chi connectivity index (χ2v) is 7.82. The third-order valence-electron chi connectivity index (χ3n) is 5.28. The first-order valence-electron chi connectivity index (χ1n) is 11.3. The zero-order valence-corrected chi connectivity index (χ0v) is 18.7. The van der Waals surface area contributed by atoms with E-state index in [2.05, 4.69) is 46.7 Å². The van der Waals surface area contributed by atoms with Crippen molar-refractivity contribution < 1.29 is 9.53 Å². The molecule has 1 atom stereocenters. The number of ether oxygens (including phenoxy) is 1. The Hall–Kier alpha value is -2.12. The SMILES string of the molecule is CCNC(=NCc1cccc(CN2CCCC(C(N)=O)C2)c1)NCCCCOCC. The first kappa shape index (κ1) is 24.2. The van der Waals surface area contributed by atoms with Gasteiger partial charge in [-0.2, -0.15) is 0 Å². The largest absolute Gasteiger partial charge is 0.382 e. The molecule has 1 fully saturated rings. The van der Waals surface area contributed by atoms with Crippen LogP contribution in [-0.4, -0.2) is 56.2 Å². The summed E-state index contributed by atoms with van der Waals surface area (Å²) in [5.74, 6) is 0.651. The fraction of sp³-hybridized carbons (Fsp3) is 0.652. The summed E-state index contributed by atoms with van der Waals surface area (Å²) >= 11 is 0. The smallest absolute Gasteiger partial charge is 0.221 e. The monoisotopic (exact) mass is 417 g/mol. The number of likely N-dealkylation sites (tertiary alicyclic amines) is 1. The Morgan fingerprint density at radius 2 is 2.10 bits per heavy atom. The van der Waals surface area contributed by atoms with Crippen LogP contribution in [0.2, 0.25) is 0 Å². The number of nitrogens with zero attached hydrogens (tertiary/aromatic N) is 2. The number of nitrogens with two attached hydrogens (primary N) is 1. The number of hydrogen-bond donors (Lipinski definition) is 3. The van der Waals surface area contributed by atoms with Crippen LogP contribution in [0.15, 0.2) is 29.3 Å². The van der Waals surface area contributed by atoms with Gasteiger partial charge in [0.2, 0.25) is 5.91 Å². The van der Waals surface area contributed by atoms with E-state index in [-0.39, 0.29) is 11.8 Å². The maximum Gasteiger partial charge on any atom is 0.221 e. The molecule has 0 bridgehead atoms. The summed E-state index contributed by atoms with van der Waals surface area (Å²) in [6, 6.07) is 8.55. The lowest BCUT2D eigenvalue weighted by Gasteiger charge is -2.31. The van der Waals surface area contributed by atoms with Gasteiger partial charge in [-0.15, -0.1) is 0 Å². The van der Waals surface area contributed by atoms with Crippen LogP contribution in [0.3, 0.4) is 0 Å². The van der Waals surface area contributed by atoms with Crippen molar-refractivity contribution in [3.8, 4) is 0 Å². The molecule has 0 aromatic heterocycles. The zero-order valence-electron chi connectivity index (χ0n) is 18.7. The Morgan fingerprint density at radius 1 is 1.27 bits per heavy atom. The molecule has 2 rings (SSSR count). The highest BCUT2D eigenvalue weighted by molar-refractivity contribution is 5.79. The second kappa shape index (κ2) is 14.0. The van der Waals surface area contributed by atoms with E-state index >= 15 is 0 Å². The van der Waals surface area contributed by atoms with E-state index in [1.807, 2.05) is 6.92 Å². The molecule has 7 nitrogen and oxygen atoms in total. The standard InChI is InChI=1S/C23H39N5O2/c1-3-25-23(26-12-5-6-14-30-4-2)27-16-19-9-7-10-20(15-19)17-28-13-8-11-21(18-28)22(24)29/h7,9-10,15,21H,3-6,8,11-14,16-18H2,1-2H3,(H2,24,29)(H2,25,26,27). The van der Waals surface area contributed by atoms with E-state index < -0.39 is 0 Å². The molecule has 1 aliphatic rings. The average molecular weight is 418 g/mol. The molecular weight excluding hydrogens is 378 g/mol. The summed E-state index contributed by atoms with van der Waals surface area (Å²) in [5, 5.41) is 6.70. The van der Waals surface area contributed by atoms with Gasteiger partial charge in [0.05, 0.1) is 12.5 Å². The molecule has 1 aromatic rings. The molecule has 0 radical (unpaired) electrons. The van der Waals surface area contributed by atoms with Gasteiger partial charge in [-0.05, 0) is 57.2 Å². The molecule has 7 heteroatoms. The molecule has 1 amide bonds. The predicted octanol–water partition coefficient (Wildman–Crippen LogP) is 2.26. The van der Waals surface area contributed by atoms with Crippen LogP contribution >= 0.6 is 0 Å². The molecule has 168 valence electrons. The number of hydrogen-bond acceptors (Lipinski definition) is 4. The van der Waals surface area contributed by atoms with Crippen LogP contribution in [0.25, 0.3) is 0 Å². The number of aliphatic imine (C=N–C) groups is 1. The van der Waals surface area contributed by atoms with E-state index in [1.54, 1.807) is 0 Å². The number of nitrogens with one attached hydrogen (secondary N) is 2. The number of amides is 1. The average Bonchev–Trinajstić information content (AvgIpc) is 2.75. The van der Waals surface area contributed by atoms with Gasteiger partial charge >= 0.3 is 0 Å². The Balaban J connectivity index is 1.85. The third-order valence-corrected chi connectivity index (χ3v) is 5.28. The first-order chi connectivity index (χ1) is 14.6. The molecule has 0 aliphatic carbocycles. The van der Waals surface area contributed by atoms with Crippen LogP contribution in [0.4, 0.5) is 0 Å². The van der Waals surface area contributed by atoms with E-state index in [4.69, 9.17) is 15.5 Å². The van der Waals surface area contributed by atoms with Crippen molar-refractivity contribution in [2.45, 2.75) is 52.6 Å². The Bertz CT molecular complexity index is 665. The van der Waals surface area contributed by atoms with Gasteiger partial charge in [0, 0.05) is 39.4 Å². The van der Waals surface area contributed by atoms with Gasteiger partial charge in [0.1, 0.15) is 0 Å². The minimum absolute atomic E-state index is 0.0196. The van der Waals surface area contributed by atoms with Crippen molar-refractivity contribution in [3.63, 3.8) is 0 Å². The molecule has 1 aromatic carbocycles. The topological polar surface area (TPSA) is 92.0 Å². The molecule has 4 N–H and O–H groups in total. The summed E-state index contributed by atoms with van der Waals surface area (Å²) < 4.78 is 5.38. The molecule has 1 saturated heterocycles. The van der Waals surface area contributed by atoms with Gasteiger partial charge in [0.15, 0.2) is 5.96 Å². The van der Waals surface area contributed by atoms with Gasteiger partial charge in [-0.25, -0.2) is 4.99 Å². The highest BCUT2D eigenvalue weighted by atomic mass is 16.5. The Kier molecular flexibility index (Phi) is 11.3. The number of guanidine groups is 1. The van der Waals surface area contributed by atoms with Crippen LogP contribution in [-0.2, 0) is 22.6 Å². The Labute approximate surface area is 181 Å². The maximum atomic E-state index is 11.5. The Morgan fingerprint density at radius 3 is 2.87 bits per heavy atom.